The van der Waals surface area contributed by atoms with E-state index in [0.29, 0.717) is 24.0 Å². The summed E-state index contributed by atoms with van der Waals surface area (Å²) in [6, 6.07) is 3.47. The molecule has 1 aromatic heterocycles. The van der Waals surface area contributed by atoms with Crippen molar-refractivity contribution < 1.29 is 9.55 Å². The van der Waals surface area contributed by atoms with Crippen molar-refractivity contribution in [3.8, 4) is 0 Å². The Kier molecular flexibility index (Phi) is 3.46. The fourth-order valence-electron chi connectivity index (χ4n) is 3.25. The average molecular weight is 291 g/mol. The third kappa shape index (κ3) is 2.21. The molecule has 0 bridgehead atoms. The Labute approximate surface area is 121 Å². The molecule has 8 heteroatoms. The van der Waals surface area contributed by atoms with Gasteiger partial charge < -0.3 is 10.6 Å². The van der Waals surface area contributed by atoms with Gasteiger partial charge in [-0.25, -0.2) is 4.63 Å². The number of anilines is 1. The molecule has 3 rings (SSSR count). The van der Waals surface area contributed by atoms with Gasteiger partial charge in [0.1, 0.15) is 0 Å². The Morgan fingerprint density at radius 2 is 2.19 bits per heavy atom. The number of nitrogens with zero attached hydrogens (tertiary/aromatic N) is 4. The van der Waals surface area contributed by atoms with Gasteiger partial charge in [-0.3, -0.25) is 10.1 Å². The third-order valence-electron chi connectivity index (χ3n) is 4.37. The van der Waals surface area contributed by atoms with Crippen LogP contribution in [0, 0.1) is 16.0 Å². The smallest absolute Gasteiger partial charge is 0.300 e. The molecule has 0 saturated heterocycles. The molecule has 2 unspecified atom stereocenters. The van der Waals surface area contributed by atoms with Crippen molar-refractivity contribution in [2.45, 2.75) is 25.3 Å². The van der Waals surface area contributed by atoms with Crippen LogP contribution in [0.1, 0.15) is 19.3 Å². The molecule has 1 aliphatic carbocycles. The Morgan fingerprint density at radius 3 is 2.90 bits per heavy atom. The summed E-state index contributed by atoms with van der Waals surface area (Å²) in [4.78, 5) is 12.6. The van der Waals surface area contributed by atoms with E-state index in [1.807, 2.05) is 7.05 Å². The number of rotatable bonds is 4. The Hall–Kier alpha value is -2.22. The second-order valence-corrected chi connectivity index (χ2v) is 5.43. The van der Waals surface area contributed by atoms with Crippen LogP contribution in [0.5, 0.6) is 0 Å². The highest BCUT2D eigenvalue weighted by Gasteiger charge is 2.31. The molecule has 2 aromatic rings. The van der Waals surface area contributed by atoms with Crippen molar-refractivity contribution in [3.63, 3.8) is 0 Å². The molecule has 112 valence electrons. The van der Waals surface area contributed by atoms with Crippen molar-refractivity contribution >= 4 is 22.4 Å². The van der Waals surface area contributed by atoms with Crippen LogP contribution >= 0.6 is 0 Å². The van der Waals surface area contributed by atoms with Gasteiger partial charge in [0.05, 0.1) is 10.6 Å². The lowest BCUT2D eigenvalue weighted by molar-refractivity contribution is -0.383. The van der Waals surface area contributed by atoms with E-state index in [0.717, 1.165) is 24.9 Å². The van der Waals surface area contributed by atoms with E-state index in [2.05, 4.69) is 15.2 Å². The summed E-state index contributed by atoms with van der Waals surface area (Å²) in [6.07, 6.45) is 3.31. The van der Waals surface area contributed by atoms with Gasteiger partial charge in [0.25, 0.3) is 0 Å². The fourth-order valence-corrected chi connectivity index (χ4v) is 3.25. The van der Waals surface area contributed by atoms with Gasteiger partial charge in [-0.05, 0) is 41.7 Å². The summed E-state index contributed by atoms with van der Waals surface area (Å²) >= 11 is 0. The minimum Gasteiger partial charge on any atom is -0.369 e. The largest absolute Gasteiger partial charge is 0.369 e. The zero-order valence-electron chi connectivity index (χ0n) is 11.7. The number of fused-ring (bicyclic) bond motifs is 1. The monoisotopic (exact) mass is 291 g/mol. The zero-order valence-corrected chi connectivity index (χ0v) is 11.7. The van der Waals surface area contributed by atoms with Gasteiger partial charge in [0.2, 0.25) is 5.52 Å². The number of non-ortho nitro benzene ring substituents is 1. The van der Waals surface area contributed by atoms with E-state index < -0.39 is 4.92 Å². The molecule has 1 heterocycles. The lowest BCUT2D eigenvalue weighted by atomic mass is 10.0. The van der Waals surface area contributed by atoms with Crippen LogP contribution in [0.2, 0.25) is 0 Å². The molecule has 21 heavy (non-hydrogen) atoms. The molecule has 0 spiro atoms. The van der Waals surface area contributed by atoms with E-state index in [9.17, 15) is 10.1 Å². The third-order valence-corrected chi connectivity index (χ3v) is 4.37. The first-order chi connectivity index (χ1) is 10.1. The van der Waals surface area contributed by atoms with Gasteiger partial charge in [-0.1, -0.05) is 6.42 Å². The maximum atomic E-state index is 11.0. The van der Waals surface area contributed by atoms with Crippen LogP contribution in [0.3, 0.4) is 0 Å². The van der Waals surface area contributed by atoms with Crippen molar-refractivity contribution in [2.24, 2.45) is 11.7 Å². The predicted octanol–water partition coefficient (Wildman–Crippen LogP) is 1.69. The first-order valence-corrected chi connectivity index (χ1v) is 6.96. The van der Waals surface area contributed by atoms with Crippen LogP contribution in [0.4, 0.5) is 11.4 Å². The maximum Gasteiger partial charge on any atom is 0.300 e. The topological polar surface area (TPSA) is 111 Å². The second-order valence-electron chi connectivity index (χ2n) is 5.43. The van der Waals surface area contributed by atoms with Gasteiger partial charge >= 0.3 is 5.69 Å². The standard InChI is InChI=1S/C13H17N5O3/c1-17(9-4-2-3-8(9)7-14)10-5-6-11(18(19)20)13-12(10)15-21-16-13/h5-6,8-9H,2-4,7,14H2,1H3. The molecule has 1 aliphatic rings. The molecule has 1 fully saturated rings. The lowest BCUT2D eigenvalue weighted by Crippen LogP contribution is -2.37. The van der Waals surface area contributed by atoms with Crippen molar-refractivity contribution in [3.05, 3.63) is 22.2 Å². The summed E-state index contributed by atoms with van der Waals surface area (Å²) in [7, 11) is 1.97. The van der Waals surface area contributed by atoms with Crippen molar-refractivity contribution in [1.29, 1.82) is 0 Å². The van der Waals surface area contributed by atoms with E-state index in [1.54, 1.807) is 6.07 Å². The molecule has 0 amide bonds. The first-order valence-electron chi connectivity index (χ1n) is 6.96. The van der Waals surface area contributed by atoms with Gasteiger partial charge in [-0.15, -0.1) is 0 Å². The number of nitro groups is 1. The summed E-state index contributed by atoms with van der Waals surface area (Å²) in [5.74, 6) is 0.431. The summed E-state index contributed by atoms with van der Waals surface area (Å²) < 4.78 is 4.71. The molecule has 1 saturated carbocycles. The Balaban J connectivity index is 2.03. The summed E-state index contributed by atoms with van der Waals surface area (Å²) in [6.45, 7) is 0.641. The molecule has 0 aliphatic heterocycles. The van der Waals surface area contributed by atoms with E-state index in [-0.39, 0.29) is 11.2 Å². The highest BCUT2D eigenvalue weighted by Crippen LogP contribution is 2.36. The minimum absolute atomic E-state index is 0.0924. The molecule has 1 aromatic carbocycles. The average Bonchev–Trinajstić information content (AvgIpc) is 3.13. The SMILES string of the molecule is CN(c1ccc([N+](=O)[O-])c2nonc12)C1CCCC1CN. The zero-order chi connectivity index (χ0) is 15.0. The number of aromatic nitrogens is 2. The number of nitrogens with two attached hydrogens (primary N) is 1. The van der Waals surface area contributed by atoms with E-state index >= 15 is 0 Å². The fraction of sp³-hybridized carbons (Fsp3) is 0.538. The van der Waals surface area contributed by atoms with Gasteiger partial charge in [0.15, 0.2) is 5.52 Å². The first kappa shape index (κ1) is 13.7. The maximum absolute atomic E-state index is 11.0. The second kappa shape index (κ2) is 5.28. The lowest BCUT2D eigenvalue weighted by Gasteiger charge is -2.30. The van der Waals surface area contributed by atoms with Crippen LogP contribution in [-0.4, -0.2) is 34.9 Å². The summed E-state index contributed by atoms with van der Waals surface area (Å²) in [5, 5.41) is 18.5. The minimum atomic E-state index is -0.478. The Bertz CT molecular complexity index is 671. The number of benzene rings is 1. The molecule has 0 radical (unpaired) electrons. The van der Waals surface area contributed by atoms with E-state index in [1.165, 1.54) is 6.07 Å². The van der Waals surface area contributed by atoms with E-state index in [4.69, 9.17) is 10.4 Å². The number of hydrogen-bond donors (Lipinski definition) is 1. The highest BCUT2D eigenvalue weighted by molar-refractivity contribution is 5.93. The van der Waals surface area contributed by atoms with Crippen LogP contribution < -0.4 is 10.6 Å². The number of nitro benzene ring substituents is 1. The normalized spacial score (nSPS) is 21.8. The molecule has 2 atom stereocenters. The summed E-state index contributed by atoms with van der Waals surface area (Å²) in [5.41, 5.74) is 7.15. The molecular formula is C13H17N5O3. The molecular weight excluding hydrogens is 274 g/mol. The van der Waals surface area contributed by atoms with Crippen LogP contribution in [0.25, 0.3) is 11.0 Å². The Morgan fingerprint density at radius 1 is 1.43 bits per heavy atom. The van der Waals surface area contributed by atoms with Gasteiger partial charge in [0, 0.05) is 19.2 Å². The van der Waals surface area contributed by atoms with Gasteiger partial charge in [-0.2, -0.15) is 0 Å². The van der Waals surface area contributed by atoms with Crippen LogP contribution in [0.15, 0.2) is 16.8 Å². The highest BCUT2D eigenvalue weighted by atomic mass is 16.6. The quantitative estimate of drug-likeness (QED) is 0.673. The van der Waals surface area contributed by atoms with Crippen molar-refractivity contribution in [1.82, 2.24) is 10.3 Å². The number of hydrogen-bond acceptors (Lipinski definition) is 7. The van der Waals surface area contributed by atoms with Crippen LogP contribution in [-0.2, 0) is 0 Å². The van der Waals surface area contributed by atoms with Crippen molar-refractivity contribution in [2.75, 3.05) is 18.5 Å². The molecule has 2 N–H and O–H groups in total. The predicted molar refractivity (Wildman–Crippen MR) is 77.0 cm³/mol. The molecule has 8 nitrogen and oxygen atoms in total.